The summed E-state index contributed by atoms with van der Waals surface area (Å²) in [5.41, 5.74) is 2.53. The number of nitrogens with zero attached hydrogens (tertiary/aromatic N) is 4. The molecule has 3 heterocycles. The molecule has 0 saturated carbocycles. The van der Waals surface area contributed by atoms with E-state index in [4.69, 9.17) is 0 Å². The Morgan fingerprint density at radius 3 is 2.77 bits per heavy atom. The topological polar surface area (TPSA) is 60.2 Å². The van der Waals surface area contributed by atoms with Crippen molar-refractivity contribution in [1.82, 2.24) is 18.8 Å². The lowest BCUT2D eigenvalue weighted by Gasteiger charge is -2.23. The molecule has 2 atom stereocenters. The van der Waals surface area contributed by atoms with E-state index in [1.807, 2.05) is 32.1 Å². The molecule has 31 heavy (non-hydrogen) atoms. The van der Waals surface area contributed by atoms with Gasteiger partial charge in [-0.25, -0.2) is 4.98 Å². The van der Waals surface area contributed by atoms with E-state index < -0.39 is 0 Å². The highest BCUT2D eigenvalue weighted by molar-refractivity contribution is 7.13. The second-order valence-corrected chi connectivity index (χ2v) is 8.01. The summed E-state index contributed by atoms with van der Waals surface area (Å²) < 4.78 is 11.2. The van der Waals surface area contributed by atoms with Gasteiger partial charge in [0.05, 0.1) is 6.33 Å². The first kappa shape index (κ1) is 25.0. The van der Waals surface area contributed by atoms with Crippen molar-refractivity contribution in [2.24, 2.45) is 5.92 Å². The van der Waals surface area contributed by atoms with Gasteiger partial charge in [-0.3, -0.25) is 14.3 Å². The van der Waals surface area contributed by atoms with Gasteiger partial charge in [0.1, 0.15) is 15.9 Å². The maximum absolute atomic E-state index is 13.0. The summed E-state index contributed by atoms with van der Waals surface area (Å²) in [6.07, 6.45) is 9.81. The van der Waals surface area contributed by atoms with E-state index in [-0.39, 0.29) is 11.5 Å². The molecule has 1 aliphatic carbocycles. The van der Waals surface area contributed by atoms with Crippen LogP contribution in [0.1, 0.15) is 46.2 Å². The minimum atomic E-state index is 0.0187. The van der Waals surface area contributed by atoms with E-state index in [1.54, 1.807) is 25.1 Å². The van der Waals surface area contributed by atoms with Crippen molar-refractivity contribution < 1.29 is 4.74 Å². The highest BCUT2D eigenvalue weighted by atomic mass is 32.1. The van der Waals surface area contributed by atoms with Crippen LogP contribution in [-0.4, -0.2) is 52.2 Å². The summed E-state index contributed by atoms with van der Waals surface area (Å²) >= 11 is 1.25. The van der Waals surface area contributed by atoms with Gasteiger partial charge in [0, 0.05) is 32.7 Å². The van der Waals surface area contributed by atoms with Gasteiger partial charge < -0.3 is 4.74 Å². The van der Waals surface area contributed by atoms with Crippen LogP contribution in [0.4, 0.5) is 0 Å². The Bertz CT molecular complexity index is 1030. The van der Waals surface area contributed by atoms with Gasteiger partial charge in [-0.1, -0.05) is 44.8 Å². The molecule has 1 aliphatic heterocycles. The fraction of sp³-hybridized carbons (Fsp3) is 0.542. The summed E-state index contributed by atoms with van der Waals surface area (Å²) in [4.78, 5) is 20.0. The standard InChI is InChI=1S/C20H22N4OS.C2H6O.C2H6/c1-3-23-11-7-9-15(23)12-24-13-21-18-17(22-26-19(18)20(24)25)16-10-6-4-5-8-14(16)2;1-3-2;1-2/h4,6,10,13-15H,3,7,9,11-12H2,1-2H3;1-2H3;1-2H3. The third-order valence-corrected chi connectivity index (χ3v) is 6.08. The molecule has 2 aromatic heterocycles. The predicted octanol–water partition coefficient (Wildman–Crippen LogP) is 4.22. The molecule has 2 aliphatic rings. The molecule has 4 rings (SSSR count). The Hall–Kier alpha value is -2.27. The van der Waals surface area contributed by atoms with Crippen LogP contribution in [0, 0.1) is 17.8 Å². The first-order valence-electron chi connectivity index (χ1n) is 11.0. The monoisotopic (exact) mass is 442 g/mol. The van der Waals surface area contributed by atoms with Crippen molar-refractivity contribution in [1.29, 1.82) is 0 Å². The minimum absolute atomic E-state index is 0.0187. The van der Waals surface area contributed by atoms with Gasteiger partial charge in [-0.15, -0.1) is 0 Å². The van der Waals surface area contributed by atoms with Crippen LogP contribution in [0.15, 0.2) is 29.3 Å². The van der Waals surface area contributed by atoms with E-state index in [0.717, 1.165) is 30.8 Å². The van der Waals surface area contributed by atoms with Crippen LogP contribution in [0.25, 0.3) is 15.8 Å². The van der Waals surface area contributed by atoms with Crippen molar-refractivity contribution in [2.45, 2.75) is 53.1 Å². The van der Waals surface area contributed by atoms with E-state index in [2.05, 4.69) is 44.7 Å². The first-order chi connectivity index (χ1) is 15.1. The molecule has 1 fully saturated rings. The molecule has 2 unspecified atom stereocenters. The highest BCUT2D eigenvalue weighted by Gasteiger charge is 2.25. The van der Waals surface area contributed by atoms with Gasteiger partial charge in [-0.2, -0.15) is 4.37 Å². The van der Waals surface area contributed by atoms with E-state index in [1.165, 1.54) is 18.0 Å². The van der Waals surface area contributed by atoms with Gasteiger partial charge >= 0.3 is 0 Å². The third-order valence-electron chi connectivity index (χ3n) is 5.26. The second kappa shape index (κ2) is 12.6. The number of likely N-dealkylation sites (tertiary alicyclic amines) is 1. The quantitative estimate of drug-likeness (QED) is 0.664. The summed E-state index contributed by atoms with van der Waals surface area (Å²) in [5, 5.41) is 0. The maximum Gasteiger partial charge on any atom is 0.272 e. The predicted molar refractivity (Wildman–Crippen MR) is 130 cm³/mol. The van der Waals surface area contributed by atoms with Crippen LogP contribution in [0.5, 0.6) is 0 Å². The van der Waals surface area contributed by atoms with Crippen LogP contribution < -0.4 is 5.56 Å². The Labute approximate surface area is 189 Å². The number of aromatic nitrogens is 3. The summed E-state index contributed by atoms with van der Waals surface area (Å²) in [6, 6.07) is 0.425. The Kier molecular flexibility index (Phi) is 10.1. The van der Waals surface area contributed by atoms with Gasteiger partial charge in [0.2, 0.25) is 0 Å². The number of hydrogen-bond acceptors (Lipinski definition) is 6. The van der Waals surface area contributed by atoms with Crippen LogP contribution in [-0.2, 0) is 11.3 Å². The number of rotatable bonds is 4. The number of hydrogen-bond donors (Lipinski definition) is 0. The Morgan fingerprint density at radius 2 is 2.06 bits per heavy atom. The third kappa shape index (κ3) is 5.91. The second-order valence-electron chi connectivity index (χ2n) is 7.24. The molecular weight excluding hydrogens is 408 g/mol. The van der Waals surface area contributed by atoms with E-state index in [9.17, 15) is 4.79 Å². The highest BCUT2D eigenvalue weighted by Crippen LogP contribution is 2.29. The molecule has 0 aromatic carbocycles. The number of likely N-dealkylation sites (N-methyl/N-ethyl adjacent to an activating group) is 1. The Morgan fingerprint density at radius 1 is 1.32 bits per heavy atom. The van der Waals surface area contributed by atoms with E-state index >= 15 is 0 Å². The lowest BCUT2D eigenvalue weighted by Crippen LogP contribution is -2.35. The fourth-order valence-corrected chi connectivity index (χ4v) is 4.61. The molecule has 168 valence electrons. The fourth-order valence-electron chi connectivity index (χ4n) is 3.80. The van der Waals surface area contributed by atoms with Crippen LogP contribution in [0.3, 0.4) is 0 Å². The molecular formula is C24H34N4O2S. The largest absolute Gasteiger partial charge is 0.388 e. The first-order valence-corrected chi connectivity index (χ1v) is 11.7. The maximum atomic E-state index is 13.0. The average molecular weight is 443 g/mol. The number of methoxy groups -OCH3 is 1. The molecule has 1 saturated heterocycles. The molecule has 0 radical (unpaired) electrons. The average Bonchev–Trinajstić information content (AvgIpc) is 3.36. The van der Waals surface area contributed by atoms with Crippen molar-refractivity contribution in [3.63, 3.8) is 0 Å². The summed E-state index contributed by atoms with van der Waals surface area (Å²) in [7, 11) is 3.25. The minimum Gasteiger partial charge on any atom is -0.388 e. The number of fused-ring (bicyclic) bond motifs is 1. The van der Waals surface area contributed by atoms with Crippen LogP contribution in [0.2, 0.25) is 0 Å². The zero-order chi connectivity index (χ0) is 22.8. The molecule has 0 spiro atoms. The van der Waals surface area contributed by atoms with Gasteiger partial charge in [0.25, 0.3) is 5.56 Å². The molecule has 6 nitrogen and oxygen atoms in total. The lowest BCUT2D eigenvalue weighted by atomic mass is 9.98. The van der Waals surface area contributed by atoms with Gasteiger partial charge in [-0.05, 0) is 56.0 Å². The SMILES string of the molecule is CC.CCN1CCCC1Cn1cnc2c(C3=CC=CC#CC3C)nsc2c1=O.COC. The molecule has 0 bridgehead atoms. The zero-order valence-corrected chi connectivity index (χ0v) is 20.3. The van der Waals surface area contributed by atoms with Crippen molar-refractivity contribution in [3.8, 4) is 11.8 Å². The molecule has 2 aromatic rings. The smallest absolute Gasteiger partial charge is 0.272 e. The zero-order valence-electron chi connectivity index (χ0n) is 19.5. The van der Waals surface area contributed by atoms with Gasteiger partial charge in [0.15, 0.2) is 0 Å². The molecule has 7 heteroatoms. The van der Waals surface area contributed by atoms with Crippen molar-refractivity contribution >= 4 is 27.3 Å². The molecule has 0 N–H and O–H groups in total. The number of allylic oxidation sites excluding steroid dienone is 4. The Balaban J connectivity index is 0.000000630. The lowest BCUT2D eigenvalue weighted by molar-refractivity contribution is 0.242. The van der Waals surface area contributed by atoms with Crippen molar-refractivity contribution in [2.75, 3.05) is 27.3 Å². The summed E-state index contributed by atoms with van der Waals surface area (Å²) in [5.74, 6) is 6.25. The normalized spacial score (nSPS) is 20.0. The summed E-state index contributed by atoms with van der Waals surface area (Å²) in [6.45, 7) is 11.1. The number of ether oxygens (including phenoxy) is 1. The van der Waals surface area contributed by atoms with E-state index in [0.29, 0.717) is 22.8 Å². The molecule has 0 amide bonds. The van der Waals surface area contributed by atoms with Crippen LogP contribution >= 0.6 is 11.5 Å². The van der Waals surface area contributed by atoms with Crippen molar-refractivity contribution in [3.05, 3.63) is 40.6 Å².